The Hall–Kier alpha value is -3.27. The smallest absolute Gasteiger partial charge is 0.224 e. The second-order valence-corrected chi connectivity index (χ2v) is 6.83. The van der Waals surface area contributed by atoms with E-state index in [0.717, 1.165) is 11.3 Å². The summed E-state index contributed by atoms with van der Waals surface area (Å²) in [5, 5.41) is 3.10. The SMILES string of the molecule is O=C(Cc1ccc2c(c1)OCCO2)NCC(c1ccccc1)c1ccccc1. The summed E-state index contributed by atoms with van der Waals surface area (Å²) in [4.78, 5) is 12.6. The fraction of sp³-hybridized carbons (Fsp3) is 0.208. The fourth-order valence-electron chi connectivity index (χ4n) is 3.46. The van der Waals surface area contributed by atoms with Crippen molar-refractivity contribution >= 4 is 5.91 Å². The third kappa shape index (κ3) is 4.34. The van der Waals surface area contributed by atoms with Gasteiger partial charge in [-0.3, -0.25) is 4.79 Å². The number of benzene rings is 3. The Kier molecular flexibility index (Phi) is 5.57. The molecule has 0 radical (unpaired) electrons. The number of rotatable bonds is 6. The largest absolute Gasteiger partial charge is 0.486 e. The molecule has 1 aliphatic rings. The van der Waals surface area contributed by atoms with Crippen molar-refractivity contribution in [3.05, 3.63) is 95.6 Å². The van der Waals surface area contributed by atoms with Crippen molar-refractivity contribution in [3.63, 3.8) is 0 Å². The Balaban J connectivity index is 1.43. The molecule has 1 heterocycles. The first-order valence-corrected chi connectivity index (χ1v) is 9.55. The van der Waals surface area contributed by atoms with E-state index in [9.17, 15) is 4.79 Å². The quantitative estimate of drug-likeness (QED) is 0.712. The molecule has 3 aromatic carbocycles. The van der Waals surface area contributed by atoms with Gasteiger partial charge in [0.1, 0.15) is 13.2 Å². The third-order valence-electron chi connectivity index (χ3n) is 4.88. The van der Waals surface area contributed by atoms with E-state index < -0.39 is 0 Å². The molecule has 0 saturated carbocycles. The number of carbonyl (C=O) groups excluding carboxylic acids is 1. The molecular weight excluding hydrogens is 350 g/mol. The summed E-state index contributed by atoms with van der Waals surface area (Å²) in [6, 6.07) is 26.2. The molecule has 0 spiro atoms. The molecule has 4 nitrogen and oxygen atoms in total. The van der Waals surface area contributed by atoms with Gasteiger partial charge in [0.25, 0.3) is 0 Å². The number of carbonyl (C=O) groups is 1. The van der Waals surface area contributed by atoms with Crippen LogP contribution in [0.2, 0.25) is 0 Å². The van der Waals surface area contributed by atoms with Crippen LogP contribution in [0.3, 0.4) is 0 Å². The molecule has 0 atom stereocenters. The van der Waals surface area contributed by atoms with Crippen LogP contribution in [-0.2, 0) is 11.2 Å². The van der Waals surface area contributed by atoms with Gasteiger partial charge in [0.05, 0.1) is 6.42 Å². The van der Waals surface area contributed by atoms with Crippen LogP contribution in [-0.4, -0.2) is 25.7 Å². The molecule has 0 fully saturated rings. The first kappa shape index (κ1) is 18.1. The molecule has 0 aliphatic carbocycles. The Bertz CT molecular complexity index is 886. The predicted molar refractivity (Wildman–Crippen MR) is 109 cm³/mol. The van der Waals surface area contributed by atoms with Gasteiger partial charge in [0, 0.05) is 12.5 Å². The molecule has 142 valence electrons. The maximum absolute atomic E-state index is 12.6. The summed E-state index contributed by atoms with van der Waals surface area (Å²) in [7, 11) is 0. The highest BCUT2D eigenvalue weighted by Gasteiger charge is 2.16. The lowest BCUT2D eigenvalue weighted by Crippen LogP contribution is -2.30. The van der Waals surface area contributed by atoms with Crippen LogP contribution >= 0.6 is 0 Å². The van der Waals surface area contributed by atoms with E-state index in [1.165, 1.54) is 11.1 Å². The van der Waals surface area contributed by atoms with Gasteiger partial charge in [-0.2, -0.15) is 0 Å². The maximum Gasteiger partial charge on any atom is 0.224 e. The first-order valence-electron chi connectivity index (χ1n) is 9.55. The van der Waals surface area contributed by atoms with E-state index in [-0.39, 0.29) is 11.8 Å². The number of hydrogen-bond acceptors (Lipinski definition) is 3. The van der Waals surface area contributed by atoms with E-state index in [2.05, 4.69) is 29.6 Å². The molecule has 0 aromatic heterocycles. The summed E-state index contributed by atoms with van der Waals surface area (Å²) in [5.41, 5.74) is 3.29. The third-order valence-corrected chi connectivity index (χ3v) is 4.88. The van der Waals surface area contributed by atoms with Crippen molar-refractivity contribution in [3.8, 4) is 11.5 Å². The maximum atomic E-state index is 12.6. The number of nitrogens with one attached hydrogen (secondary N) is 1. The van der Waals surface area contributed by atoms with Gasteiger partial charge in [-0.15, -0.1) is 0 Å². The lowest BCUT2D eigenvalue weighted by molar-refractivity contribution is -0.120. The highest BCUT2D eigenvalue weighted by atomic mass is 16.6. The zero-order valence-electron chi connectivity index (χ0n) is 15.6. The normalized spacial score (nSPS) is 12.6. The summed E-state index contributed by atoms with van der Waals surface area (Å²) in [6.45, 7) is 1.66. The Morgan fingerprint density at radius 2 is 1.43 bits per heavy atom. The van der Waals surface area contributed by atoms with Gasteiger partial charge in [0.15, 0.2) is 11.5 Å². The summed E-state index contributed by atoms with van der Waals surface area (Å²) < 4.78 is 11.1. The second kappa shape index (κ2) is 8.61. The van der Waals surface area contributed by atoms with Crippen LogP contribution in [0.4, 0.5) is 0 Å². The number of fused-ring (bicyclic) bond motifs is 1. The van der Waals surface area contributed by atoms with Gasteiger partial charge in [-0.1, -0.05) is 66.7 Å². The zero-order valence-corrected chi connectivity index (χ0v) is 15.6. The average Bonchev–Trinajstić information content (AvgIpc) is 2.75. The Morgan fingerprint density at radius 1 is 0.821 bits per heavy atom. The number of ether oxygens (including phenoxy) is 2. The minimum absolute atomic E-state index is 0.00598. The van der Waals surface area contributed by atoms with Gasteiger partial charge >= 0.3 is 0 Å². The van der Waals surface area contributed by atoms with Crippen molar-refractivity contribution in [1.29, 1.82) is 0 Å². The fourth-order valence-corrected chi connectivity index (χ4v) is 3.46. The molecule has 0 bridgehead atoms. The van der Waals surface area contributed by atoms with E-state index in [4.69, 9.17) is 9.47 Å². The summed E-state index contributed by atoms with van der Waals surface area (Å²) in [5.74, 6) is 1.56. The van der Waals surface area contributed by atoms with Gasteiger partial charge in [0.2, 0.25) is 5.91 Å². The highest BCUT2D eigenvalue weighted by molar-refractivity contribution is 5.79. The van der Waals surface area contributed by atoms with Crippen molar-refractivity contribution in [2.24, 2.45) is 0 Å². The second-order valence-electron chi connectivity index (χ2n) is 6.83. The number of amides is 1. The van der Waals surface area contributed by atoms with Crippen LogP contribution in [0.15, 0.2) is 78.9 Å². The van der Waals surface area contributed by atoms with Crippen molar-refractivity contribution in [1.82, 2.24) is 5.32 Å². The van der Waals surface area contributed by atoms with E-state index in [1.807, 2.05) is 54.6 Å². The van der Waals surface area contributed by atoms with Crippen LogP contribution in [0, 0.1) is 0 Å². The van der Waals surface area contributed by atoms with Crippen LogP contribution in [0.5, 0.6) is 11.5 Å². The van der Waals surface area contributed by atoms with Gasteiger partial charge < -0.3 is 14.8 Å². The minimum Gasteiger partial charge on any atom is -0.486 e. The van der Waals surface area contributed by atoms with Crippen LogP contribution in [0.1, 0.15) is 22.6 Å². The molecule has 4 rings (SSSR count). The first-order chi connectivity index (χ1) is 13.8. The monoisotopic (exact) mass is 373 g/mol. The molecule has 28 heavy (non-hydrogen) atoms. The van der Waals surface area contributed by atoms with E-state index in [0.29, 0.717) is 31.9 Å². The summed E-state index contributed by atoms with van der Waals surface area (Å²) >= 11 is 0. The lowest BCUT2D eigenvalue weighted by Gasteiger charge is -2.20. The Labute approximate surface area is 165 Å². The summed E-state index contributed by atoms with van der Waals surface area (Å²) in [6.07, 6.45) is 0.312. The standard InChI is InChI=1S/C24H23NO3/c26-24(16-18-11-12-22-23(15-18)28-14-13-27-22)25-17-21(19-7-3-1-4-8-19)20-9-5-2-6-10-20/h1-12,15,21H,13-14,16-17H2,(H,25,26). The van der Waals surface area contributed by atoms with Gasteiger partial charge in [-0.05, 0) is 28.8 Å². The van der Waals surface area contributed by atoms with Crippen LogP contribution in [0.25, 0.3) is 0 Å². The zero-order chi connectivity index (χ0) is 19.2. The molecule has 3 aromatic rings. The van der Waals surface area contributed by atoms with Gasteiger partial charge in [-0.25, -0.2) is 0 Å². The van der Waals surface area contributed by atoms with Crippen LogP contribution < -0.4 is 14.8 Å². The lowest BCUT2D eigenvalue weighted by atomic mass is 9.91. The number of hydrogen-bond donors (Lipinski definition) is 1. The average molecular weight is 373 g/mol. The van der Waals surface area contributed by atoms with Crippen molar-refractivity contribution in [2.45, 2.75) is 12.3 Å². The molecule has 1 aliphatic heterocycles. The molecule has 0 unspecified atom stereocenters. The van der Waals surface area contributed by atoms with E-state index in [1.54, 1.807) is 0 Å². The Morgan fingerprint density at radius 3 is 2.07 bits per heavy atom. The van der Waals surface area contributed by atoms with Crippen molar-refractivity contribution < 1.29 is 14.3 Å². The van der Waals surface area contributed by atoms with E-state index >= 15 is 0 Å². The molecule has 4 heteroatoms. The highest BCUT2D eigenvalue weighted by Crippen LogP contribution is 2.31. The predicted octanol–water partition coefficient (Wildman–Crippen LogP) is 3.95. The van der Waals surface area contributed by atoms with Crippen molar-refractivity contribution in [2.75, 3.05) is 19.8 Å². The molecule has 1 N–H and O–H groups in total. The topological polar surface area (TPSA) is 47.6 Å². The molecular formula is C24H23NO3. The minimum atomic E-state index is -0.00598. The molecule has 0 saturated heterocycles. The molecule has 1 amide bonds.